The molecule has 20 aromatic rings. The molecule has 0 N–H and O–H groups in total. The number of benzene rings is 12. The summed E-state index contributed by atoms with van der Waals surface area (Å²) in [6.45, 7) is 8.13. The van der Waals surface area contributed by atoms with Gasteiger partial charge in [-0.25, -0.2) is 0 Å². The maximum Gasteiger partial charge on any atom is 2.00 e. The van der Waals surface area contributed by atoms with Crippen LogP contribution in [0, 0.1) is 76.2 Å². The van der Waals surface area contributed by atoms with Crippen LogP contribution in [-0.4, -0.2) is 69.0 Å². The molecule has 0 bridgehead atoms. The number of nitrogens with zero attached hydrogens (tertiary/aromatic N) is 14. The standard InChI is InChI=1S/2C17H15N2.2C15H11N2.2C11H8N.2C10H7N2.4Rh/c2*1-13-11-14(2)19(18-13)17-10-6-9-16(12-17)15-7-4-3-5-8-15;2*1-2-6-13(7-3-1)14-8-4-9-15(12-14)17-11-5-10-16-17;2*1-2-6-10(7-3-1)11-8-4-5-9-12-11;2*1-2-5-9(6-3-1)10-11-7-4-8-12-10;;;;/h2*3-9,11-12H,1-2H3;2*1-8,10-12H;2*1-6,8-9H;2*1-5,7-8H;;;;/q8*-1;4*+2. The molecular weight excluding hydrogens is 1880 g/mol. The average molecular weight is 1960 g/mol. The second kappa shape index (κ2) is 51.3. The molecule has 0 aliphatic carbocycles. The predicted octanol–water partition coefficient (Wildman–Crippen LogP) is 23.6. The van der Waals surface area contributed by atoms with Gasteiger partial charge in [0.2, 0.25) is 0 Å². The first-order valence-electron chi connectivity index (χ1n) is 38.8. The summed E-state index contributed by atoms with van der Waals surface area (Å²) in [6.07, 6.45) is 17.8. The Balaban J connectivity index is 0.000000161. The van der Waals surface area contributed by atoms with E-state index in [4.69, 9.17) is 0 Å². The van der Waals surface area contributed by atoms with Crippen LogP contribution in [0.25, 0.3) is 113 Å². The van der Waals surface area contributed by atoms with E-state index in [0.29, 0.717) is 0 Å². The fourth-order valence-electron chi connectivity index (χ4n) is 12.2. The van der Waals surface area contributed by atoms with E-state index in [1.54, 1.807) is 61.7 Å². The van der Waals surface area contributed by atoms with Crippen LogP contribution in [0.15, 0.2) is 426 Å². The van der Waals surface area contributed by atoms with Gasteiger partial charge in [-0.3, -0.25) is 38.7 Å². The molecule has 612 valence electrons. The molecule has 4 radical (unpaired) electrons. The third kappa shape index (κ3) is 28.8. The molecule has 18 heteroatoms. The van der Waals surface area contributed by atoms with E-state index in [0.717, 1.165) is 90.8 Å². The normalized spacial score (nSPS) is 9.84. The number of pyridine rings is 2. The van der Waals surface area contributed by atoms with Gasteiger partial charge in [-0.1, -0.05) is 146 Å². The largest absolute Gasteiger partial charge is 2.00 e. The molecule has 12 aromatic carbocycles. The van der Waals surface area contributed by atoms with Gasteiger partial charge in [-0.2, -0.15) is 93.2 Å². The molecule has 124 heavy (non-hydrogen) atoms. The SMILES string of the molecule is Cc1cc(C)n(-c2[c-]ccc(-c3ccccc3)c2)n1.Cc1cc(C)n(-c2[c-]ccc(-c3ccccc3)c2)n1.[Rh+2].[Rh+2].[Rh+2].[Rh+2].[c-]1ccc(-c2ccccc2)cc1-n1cccn1.[c-]1ccc(-c2ccccc2)cc1-n1cccn1.[c-]1ccccc1-c1ccccn1.[c-]1ccccc1-c1ccccn1.[c-]1ccccc1-c1ncccn1.[c-]1ccccc1-c1ncccn1. The molecule has 8 aromatic heterocycles. The molecule has 0 amide bonds. The van der Waals surface area contributed by atoms with Gasteiger partial charge in [0, 0.05) is 73.4 Å². The molecule has 0 saturated heterocycles. The van der Waals surface area contributed by atoms with Gasteiger partial charge in [0.15, 0.2) is 0 Å². The fourth-order valence-corrected chi connectivity index (χ4v) is 12.2. The second-order valence-corrected chi connectivity index (χ2v) is 26.6. The van der Waals surface area contributed by atoms with E-state index < -0.39 is 0 Å². The molecule has 0 fully saturated rings. The Bertz CT molecular complexity index is 5590. The van der Waals surface area contributed by atoms with Crippen molar-refractivity contribution in [3.8, 4) is 113 Å². The zero-order valence-corrected chi connectivity index (χ0v) is 74.6. The van der Waals surface area contributed by atoms with Crippen LogP contribution in [-0.2, 0) is 77.9 Å². The number of aromatic nitrogens is 14. The number of aryl methyl sites for hydroxylation is 4. The molecular formula is C106H82N14Rh4. The number of rotatable bonds is 12. The van der Waals surface area contributed by atoms with Crippen LogP contribution in [0.1, 0.15) is 22.8 Å². The summed E-state index contributed by atoms with van der Waals surface area (Å²) in [5, 5.41) is 17.4. The monoisotopic (exact) mass is 1960 g/mol. The predicted molar refractivity (Wildman–Crippen MR) is 480 cm³/mol. The van der Waals surface area contributed by atoms with Crippen molar-refractivity contribution in [1.29, 1.82) is 0 Å². The van der Waals surface area contributed by atoms with E-state index in [2.05, 4.69) is 246 Å². The Morgan fingerprint density at radius 3 is 0.766 bits per heavy atom. The van der Waals surface area contributed by atoms with Gasteiger partial charge in [0.1, 0.15) is 0 Å². The van der Waals surface area contributed by atoms with Crippen molar-refractivity contribution in [1.82, 2.24) is 69.0 Å². The van der Waals surface area contributed by atoms with Gasteiger partial charge in [0.25, 0.3) is 0 Å². The van der Waals surface area contributed by atoms with Crippen LogP contribution in [0.4, 0.5) is 0 Å². The minimum absolute atomic E-state index is 0. The van der Waals surface area contributed by atoms with E-state index in [1.165, 1.54) is 44.5 Å². The minimum Gasteiger partial charge on any atom is -0.305 e. The Morgan fingerprint density at radius 1 is 0.218 bits per heavy atom. The molecule has 0 unspecified atom stereocenters. The molecule has 0 spiro atoms. The van der Waals surface area contributed by atoms with Crippen molar-refractivity contribution in [2.24, 2.45) is 0 Å². The van der Waals surface area contributed by atoms with Crippen molar-refractivity contribution >= 4 is 0 Å². The van der Waals surface area contributed by atoms with Crippen molar-refractivity contribution in [2.75, 3.05) is 0 Å². The zero-order chi connectivity index (χ0) is 82.4. The van der Waals surface area contributed by atoms with Crippen molar-refractivity contribution in [3.05, 3.63) is 497 Å². The van der Waals surface area contributed by atoms with Crippen molar-refractivity contribution < 1.29 is 77.9 Å². The van der Waals surface area contributed by atoms with E-state index in [-0.39, 0.29) is 77.9 Å². The Morgan fingerprint density at radius 2 is 0.500 bits per heavy atom. The van der Waals surface area contributed by atoms with Gasteiger partial charge in [-0.15, -0.1) is 190 Å². The molecule has 20 rings (SSSR count). The van der Waals surface area contributed by atoms with Crippen molar-refractivity contribution in [2.45, 2.75) is 27.7 Å². The number of hydrogen-bond donors (Lipinski definition) is 0. The molecule has 14 nitrogen and oxygen atoms in total. The molecule has 0 aliphatic heterocycles. The van der Waals surface area contributed by atoms with Crippen LogP contribution in [0.3, 0.4) is 0 Å². The third-order valence-electron chi connectivity index (χ3n) is 17.9. The van der Waals surface area contributed by atoms with Crippen LogP contribution >= 0.6 is 0 Å². The maximum absolute atomic E-state index is 4.50. The average Bonchev–Trinajstić information content (AvgIpc) is 1.72. The summed E-state index contributed by atoms with van der Waals surface area (Å²) in [7, 11) is 0. The van der Waals surface area contributed by atoms with Gasteiger partial charge >= 0.3 is 77.9 Å². The molecule has 0 atom stereocenters. The summed E-state index contributed by atoms with van der Waals surface area (Å²) >= 11 is 0. The first-order chi connectivity index (χ1) is 59.2. The van der Waals surface area contributed by atoms with E-state index >= 15 is 0 Å². The summed E-state index contributed by atoms with van der Waals surface area (Å²) in [5.74, 6) is 1.44. The fraction of sp³-hybridized carbons (Fsp3) is 0.0377. The zero-order valence-electron chi connectivity index (χ0n) is 68.0. The quantitative estimate of drug-likeness (QED) is 0.0855. The molecule has 8 heterocycles. The Labute approximate surface area is 777 Å². The summed E-state index contributed by atoms with van der Waals surface area (Å²) in [4.78, 5) is 24.9. The topological polar surface area (TPSA) is 149 Å². The number of hydrogen-bond acceptors (Lipinski definition) is 10. The van der Waals surface area contributed by atoms with Crippen LogP contribution in [0.5, 0.6) is 0 Å². The van der Waals surface area contributed by atoms with Gasteiger partial charge in [-0.05, 0) is 133 Å². The minimum atomic E-state index is 0. The van der Waals surface area contributed by atoms with Crippen molar-refractivity contribution in [3.63, 3.8) is 0 Å². The summed E-state index contributed by atoms with van der Waals surface area (Å²) in [6, 6.07) is 145. The third-order valence-corrected chi connectivity index (χ3v) is 17.9. The van der Waals surface area contributed by atoms with E-state index in [1.807, 2.05) is 263 Å². The summed E-state index contributed by atoms with van der Waals surface area (Å²) < 4.78 is 7.49. The molecule has 0 saturated carbocycles. The van der Waals surface area contributed by atoms with Gasteiger partial charge < -0.3 is 9.97 Å². The first kappa shape index (κ1) is 94.3. The van der Waals surface area contributed by atoms with Gasteiger partial charge in [0.05, 0.1) is 23.0 Å². The molecule has 0 aliphatic rings. The Hall–Kier alpha value is -13.6. The second-order valence-electron chi connectivity index (χ2n) is 26.6. The van der Waals surface area contributed by atoms with Crippen LogP contribution in [0.2, 0.25) is 0 Å². The van der Waals surface area contributed by atoms with Crippen LogP contribution < -0.4 is 0 Å². The maximum atomic E-state index is 4.50. The van der Waals surface area contributed by atoms with E-state index in [9.17, 15) is 0 Å². The first-order valence-corrected chi connectivity index (χ1v) is 38.8. The summed E-state index contributed by atoms with van der Waals surface area (Å²) in [5.41, 5.74) is 23.6. The smallest absolute Gasteiger partial charge is 0.305 e. The Kier molecular flexibility index (Phi) is 39.0.